The summed E-state index contributed by atoms with van der Waals surface area (Å²) in [4.78, 5) is 16.3. The molecule has 0 fully saturated rings. The van der Waals surface area contributed by atoms with Gasteiger partial charge in [-0.05, 0) is 12.1 Å². The molecule has 0 N–H and O–H groups in total. The van der Waals surface area contributed by atoms with Crippen molar-refractivity contribution in [1.29, 1.82) is 5.26 Å². The van der Waals surface area contributed by atoms with E-state index in [1.807, 2.05) is 24.3 Å². The van der Waals surface area contributed by atoms with E-state index in [0.29, 0.717) is 16.6 Å². The molecule has 0 unspecified atom stereocenters. The molecule has 5 nitrogen and oxygen atoms in total. The largest absolute Gasteiger partial charge is 0.274 e. The van der Waals surface area contributed by atoms with Crippen LogP contribution in [0.15, 0.2) is 53.6 Å². The van der Waals surface area contributed by atoms with Crippen LogP contribution in [0.1, 0.15) is 11.3 Å². The third-order valence-electron chi connectivity index (χ3n) is 3.08. The Hall–Kier alpha value is -3.00. The summed E-state index contributed by atoms with van der Waals surface area (Å²) in [5, 5.41) is 14.6. The lowest BCUT2D eigenvalue weighted by Crippen LogP contribution is -2.23. The second-order valence-corrected chi connectivity index (χ2v) is 4.32. The average molecular weight is 262 g/mol. The summed E-state index contributed by atoms with van der Waals surface area (Å²) in [6.45, 7) is 0.237. The van der Waals surface area contributed by atoms with Gasteiger partial charge < -0.3 is 0 Å². The highest BCUT2D eigenvalue weighted by Gasteiger charge is 2.07. The predicted octanol–water partition coefficient (Wildman–Crippen LogP) is 1.71. The molecule has 2 heterocycles. The maximum Gasteiger partial charge on any atom is 0.274 e. The van der Waals surface area contributed by atoms with Gasteiger partial charge >= 0.3 is 0 Å². The van der Waals surface area contributed by atoms with Gasteiger partial charge in [-0.3, -0.25) is 4.79 Å². The van der Waals surface area contributed by atoms with Crippen LogP contribution in [0.3, 0.4) is 0 Å². The van der Waals surface area contributed by atoms with Crippen molar-refractivity contribution in [3.05, 3.63) is 70.4 Å². The number of aromatic nitrogens is 3. The highest BCUT2D eigenvalue weighted by molar-refractivity contribution is 5.80. The lowest BCUT2D eigenvalue weighted by atomic mass is 10.2. The Labute approximate surface area is 114 Å². The number of hydrogen-bond donors (Lipinski definition) is 0. The van der Waals surface area contributed by atoms with E-state index in [2.05, 4.69) is 10.1 Å². The maximum absolute atomic E-state index is 12.3. The molecule has 5 heteroatoms. The van der Waals surface area contributed by atoms with Crippen LogP contribution in [0.25, 0.3) is 10.8 Å². The first-order valence-electron chi connectivity index (χ1n) is 6.08. The van der Waals surface area contributed by atoms with Crippen LogP contribution in [0.2, 0.25) is 0 Å². The van der Waals surface area contributed by atoms with E-state index in [1.54, 1.807) is 30.6 Å². The van der Waals surface area contributed by atoms with Crippen LogP contribution < -0.4 is 5.56 Å². The van der Waals surface area contributed by atoms with Gasteiger partial charge in [0.25, 0.3) is 5.56 Å². The SMILES string of the molecule is N#Cc1ncccc1Cn1ncc2ccccc2c1=O. The van der Waals surface area contributed by atoms with Gasteiger partial charge in [-0.25, -0.2) is 9.67 Å². The molecule has 0 atom stereocenters. The number of benzene rings is 1. The topological polar surface area (TPSA) is 71.6 Å². The summed E-state index contributed by atoms with van der Waals surface area (Å²) in [6, 6.07) is 12.8. The summed E-state index contributed by atoms with van der Waals surface area (Å²) in [7, 11) is 0. The number of nitrogens with zero attached hydrogens (tertiary/aromatic N) is 4. The Kier molecular flexibility index (Phi) is 2.98. The zero-order valence-electron chi connectivity index (χ0n) is 10.5. The normalized spacial score (nSPS) is 10.3. The molecule has 3 rings (SSSR count). The summed E-state index contributed by atoms with van der Waals surface area (Å²) in [6.07, 6.45) is 3.21. The number of fused-ring (bicyclic) bond motifs is 1. The molecule has 0 spiro atoms. The van der Waals surface area contributed by atoms with Crippen molar-refractivity contribution in [3.63, 3.8) is 0 Å². The molecule has 0 amide bonds. The van der Waals surface area contributed by atoms with Gasteiger partial charge in [0, 0.05) is 17.1 Å². The predicted molar refractivity (Wildman–Crippen MR) is 74.1 cm³/mol. The molecule has 0 saturated carbocycles. The third-order valence-corrected chi connectivity index (χ3v) is 3.08. The lowest BCUT2D eigenvalue weighted by Gasteiger charge is -2.06. The molecule has 2 aromatic heterocycles. The van der Waals surface area contributed by atoms with E-state index < -0.39 is 0 Å². The first-order valence-corrected chi connectivity index (χ1v) is 6.08. The van der Waals surface area contributed by atoms with Crippen molar-refractivity contribution < 1.29 is 0 Å². The molecule has 96 valence electrons. The minimum absolute atomic E-state index is 0.171. The van der Waals surface area contributed by atoms with E-state index in [1.165, 1.54) is 4.68 Å². The molecule has 0 aliphatic rings. The molecule has 0 aliphatic carbocycles. The number of hydrogen-bond acceptors (Lipinski definition) is 4. The Morgan fingerprint density at radius 1 is 1.20 bits per heavy atom. The van der Waals surface area contributed by atoms with E-state index in [-0.39, 0.29) is 12.1 Å². The van der Waals surface area contributed by atoms with E-state index in [0.717, 1.165) is 5.39 Å². The number of rotatable bonds is 2. The third kappa shape index (κ3) is 2.04. The van der Waals surface area contributed by atoms with Crippen molar-refractivity contribution in [2.45, 2.75) is 6.54 Å². The fourth-order valence-corrected chi connectivity index (χ4v) is 2.07. The van der Waals surface area contributed by atoms with Gasteiger partial charge in [0.15, 0.2) is 0 Å². The first-order chi connectivity index (χ1) is 9.79. The lowest BCUT2D eigenvalue weighted by molar-refractivity contribution is 0.644. The van der Waals surface area contributed by atoms with Crippen LogP contribution in [0.5, 0.6) is 0 Å². The highest BCUT2D eigenvalue weighted by atomic mass is 16.1. The first kappa shape index (κ1) is 12.1. The highest BCUT2D eigenvalue weighted by Crippen LogP contribution is 2.09. The summed E-state index contributed by atoms with van der Waals surface area (Å²) in [5.41, 5.74) is 0.824. The zero-order valence-corrected chi connectivity index (χ0v) is 10.5. The van der Waals surface area contributed by atoms with Crippen molar-refractivity contribution in [2.75, 3.05) is 0 Å². The zero-order chi connectivity index (χ0) is 13.9. The van der Waals surface area contributed by atoms with Crippen molar-refractivity contribution in [1.82, 2.24) is 14.8 Å². The Morgan fingerprint density at radius 2 is 2.05 bits per heavy atom. The summed E-state index contributed by atoms with van der Waals surface area (Å²) < 4.78 is 1.35. The van der Waals surface area contributed by atoms with Crippen molar-refractivity contribution in [2.24, 2.45) is 0 Å². The molecule has 0 radical (unpaired) electrons. The monoisotopic (exact) mass is 262 g/mol. The van der Waals surface area contributed by atoms with Gasteiger partial charge in [-0.1, -0.05) is 24.3 Å². The molecule has 0 saturated heterocycles. The van der Waals surface area contributed by atoms with E-state index in [4.69, 9.17) is 5.26 Å². The fourth-order valence-electron chi connectivity index (χ4n) is 2.07. The Balaban J connectivity index is 2.10. The van der Waals surface area contributed by atoms with E-state index >= 15 is 0 Å². The Bertz CT molecular complexity index is 877. The molecular formula is C15H10N4O. The van der Waals surface area contributed by atoms with Gasteiger partial charge in [-0.15, -0.1) is 0 Å². The van der Waals surface area contributed by atoms with Crippen LogP contribution in [-0.4, -0.2) is 14.8 Å². The second kappa shape index (κ2) is 4.94. The molecule has 0 aliphatic heterocycles. The minimum atomic E-state index is -0.171. The molecule has 1 aromatic carbocycles. The minimum Gasteiger partial charge on any atom is -0.267 e. The van der Waals surface area contributed by atoms with Crippen LogP contribution >= 0.6 is 0 Å². The average Bonchev–Trinajstić information content (AvgIpc) is 2.51. The summed E-state index contributed by atoms with van der Waals surface area (Å²) in [5.74, 6) is 0. The van der Waals surface area contributed by atoms with Crippen LogP contribution in [0.4, 0.5) is 0 Å². The smallest absolute Gasteiger partial charge is 0.267 e. The molecular weight excluding hydrogens is 252 g/mol. The second-order valence-electron chi connectivity index (χ2n) is 4.32. The van der Waals surface area contributed by atoms with Gasteiger partial charge in [0.2, 0.25) is 0 Å². The molecule has 20 heavy (non-hydrogen) atoms. The van der Waals surface area contributed by atoms with Gasteiger partial charge in [-0.2, -0.15) is 10.4 Å². The maximum atomic E-state index is 12.3. The Morgan fingerprint density at radius 3 is 2.90 bits per heavy atom. The molecule has 3 aromatic rings. The van der Waals surface area contributed by atoms with Crippen molar-refractivity contribution in [3.8, 4) is 6.07 Å². The van der Waals surface area contributed by atoms with E-state index in [9.17, 15) is 4.79 Å². The van der Waals surface area contributed by atoms with Crippen molar-refractivity contribution >= 4 is 10.8 Å². The van der Waals surface area contributed by atoms with Crippen LogP contribution in [0, 0.1) is 11.3 Å². The van der Waals surface area contributed by atoms with Gasteiger partial charge in [0.05, 0.1) is 18.1 Å². The number of nitriles is 1. The summed E-state index contributed by atoms with van der Waals surface area (Å²) >= 11 is 0. The van der Waals surface area contributed by atoms with Gasteiger partial charge in [0.1, 0.15) is 11.8 Å². The standard InChI is InChI=1S/C15H10N4O/c16-8-14-12(5-3-7-17-14)10-19-15(20)13-6-2-1-4-11(13)9-18-19/h1-7,9H,10H2. The fraction of sp³-hybridized carbons (Fsp3) is 0.0667. The van der Waals surface area contributed by atoms with Crippen LogP contribution in [-0.2, 0) is 6.54 Å². The number of pyridine rings is 1. The quantitative estimate of drug-likeness (QED) is 0.704. The molecule has 0 bridgehead atoms.